The quantitative estimate of drug-likeness (QED) is 0.543. The Bertz CT molecular complexity index is 531. The minimum atomic E-state index is -1.77. The summed E-state index contributed by atoms with van der Waals surface area (Å²) in [5, 5.41) is 0. The highest BCUT2D eigenvalue weighted by Gasteiger charge is 2.54. The van der Waals surface area contributed by atoms with Gasteiger partial charge in [-0.3, -0.25) is 4.79 Å². The standard InChI is InChI=1S/C19H29NO2Si/c1-4-23(5-2,6-3)22-18-17(15-11-8-7-9-12-15)20(19(18)21)16-13-10-14-16/h7-9,11-12,16-18H,4-6,10,13-14H2,1-3H3. The maximum Gasteiger partial charge on any atom is 0.253 e. The number of carbonyl (C=O) groups is 1. The van der Waals surface area contributed by atoms with E-state index in [2.05, 4.69) is 49.9 Å². The number of likely N-dealkylation sites (tertiary alicyclic amines) is 1. The first-order chi connectivity index (χ1) is 11.2. The molecule has 1 aliphatic carbocycles. The monoisotopic (exact) mass is 331 g/mol. The zero-order valence-corrected chi connectivity index (χ0v) is 15.6. The molecule has 2 unspecified atom stereocenters. The van der Waals surface area contributed by atoms with Crippen LogP contribution in [0.4, 0.5) is 0 Å². The Balaban J connectivity index is 1.85. The molecule has 0 radical (unpaired) electrons. The number of amides is 1. The number of benzene rings is 1. The van der Waals surface area contributed by atoms with Gasteiger partial charge in [0.25, 0.3) is 5.91 Å². The first kappa shape index (κ1) is 16.7. The summed E-state index contributed by atoms with van der Waals surface area (Å²) >= 11 is 0. The average Bonchev–Trinajstić information content (AvgIpc) is 2.56. The fourth-order valence-corrected chi connectivity index (χ4v) is 6.69. The molecule has 1 aromatic carbocycles. The van der Waals surface area contributed by atoms with Gasteiger partial charge in [0.15, 0.2) is 8.32 Å². The normalized spacial score (nSPS) is 25.2. The fraction of sp³-hybridized carbons (Fsp3) is 0.632. The van der Waals surface area contributed by atoms with Crippen molar-refractivity contribution in [3.05, 3.63) is 35.9 Å². The van der Waals surface area contributed by atoms with Crippen molar-refractivity contribution in [3.8, 4) is 0 Å². The molecule has 126 valence electrons. The van der Waals surface area contributed by atoms with Crippen molar-refractivity contribution in [2.45, 2.75) is 76.4 Å². The molecule has 0 spiro atoms. The van der Waals surface area contributed by atoms with Gasteiger partial charge in [0.1, 0.15) is 6.10 Å². The van der Waals surface area contributed by atoms with Gasteiger partial charge in [-0.15, -0.1) is 0 Å². The van der Waals surface area contributed by atoms with Crippen molar-refractivity contribution >= 4 is 14.2 Å². The van der Waals surface area contributed by atoms with Crippen LogP contribution in [0, 0.1) is 0 Å². The van der Waals surface area contributed by atoms with Crippen LogP contribution < -0.4 is 0 Å². The molecule has 2 fully saturated rings. The van der Waals surface area contributed by atoms with Crippen molar-refractivity contribution in [2.75, 3.05) is 0 Å². The molecular weight excluding hydrogens is 302 g/mol. The largest absolute Gasteiger partial charge is 0.403 e. The molecule has 0 aromatic heterocycles. The molecule has 23 heavy (non-hydrogen) atoms. The van der Waals surface area contributed by atoms with Crippen LogP contribution in [-0.4, -0.2) is 31.3 Å². The molecule has 0 N–H and O–H groups in total. The molecule has 2 aliphatic rings. The van der Waals surface area contributed by atoms with Crippen LogP contribution in [-0.2, 0) is 9.22 Å². The van der Waals surface area contributed by atoms with E-state index < -0.39 is 8.32 Å². The molecule has 1 aliphatic heterocycles. The number of carbonyl (C=O) groups excluding carboxylic acids is 1. The van der Waals surface area contributed by atoms with Gasteiger partial charge in [-0.1, -0.05) is 51.1 Å². The SMILES string of the molecule is CC[Si](CC)(CC)OC1C(=O)N(C2CCC2)C1c1ccccc1. The summed E-state index contributed by atoms with van der Waals surface area (Å²) in [6.45, 7) is 6.68. The minimum Gasteiger partial charge on any atom is -0.403 e. The number of β-lactam (4-membered cyclic amide) rings is 1. The highest BCUT2D eigenvalue weighted by Crippen LogP contribution is 2.45. The first-order valence-corrected chi connectivity index (χ1v) is 11.7. The van der Waals surface area contributed by atoms with E-state index in [0.717, 1.165) is 31.0 Å². The molecule has 3 nitrogen and oxygen atoms in total. The molecule has 1 saturated heterocycles. The van der Waals surface area contributed by atoms with Gasteiger partial charge in [-0.25, -0.2) is 0 Å². The second-order valence-electron chi connectivity index (χ2n) is 6.97. The molecule has 1 amide bonds. The molecular formula is C19H29NO2Si. The van der Waals surface area contributed by atoms with Crippen molar-refractivity contribution < 1.29 is 9.22 Å². The Hall–Kier alpha value is -1.13. The van der Waals surface area contributed by atoms with Crippen LogP contribution in [0.15, 0.2) is 30.3 Å². The third-order valence-electron chi connectivity index (χ3n) is 6.00. The van der Waals surface area contributed by atoms with E-state index >= 15 is 0 Å². The van der Waals surface area contributed by atoms with E-state index in [1.54, 1.807) is 0 Å². The highest BCUT2D eigenvalue weighted by atomic mass is 28.4. The first-order valence-electron chi connectivity index (χ1n) is 9.20. The van der Waals surface area contributed by atoms with Gasteiger partial charge >= 0.3 is 0 Å². The van der Waals surface area contributed by atoms with Crippen LogP contribution in [0.5, 0.6) is 0 Å². The Morgan fingerprint density at radius 3 is 2.17 bits per heavy atom. The van der Waals surface area contributed by atoms with Crippen molar-refractivity contribution in [3.63, 3.8) is 0 Å². The Morgan fingerprint density at radius 1 is 1.09 bits per heavy atom. The lowest BCUT2D eigenvalue weighted by Gasteiger charge is -2.55. The number of nitrogens with zero attached hydrogens (tertiary/aromatic N) is 1. The third kappa shape index (κ3) is 2.87. The number of hydrogen-bond donors (Lipinski definition) is 0. The lowest BCUT2D eigenvalue weighted by atomic mass is 9.82. The van der Waals surface area contributed by atoms with Crippen LogP contribution >= 0.6 is 0 Å². The molecule has 3 rings (SSSR count). The molecule has 1 heterocycles. The lowest BCUT2D eigenvalue weighted by molar-refractivity contribution is -0.174. The van der Waals surface area contributed by atoms with Gasteiger partial charge in [0.05, 0.1) is 6.04 Å². The van der Waals surface area contributed by atoms with Gasteiger partial charge in [0.2, 0.25) is 0 Å². The van der Waals surface area contributed by atoms with Gasteiger partial charge in [-0.2, -0.15) is 0 Å². The predicted molar refractivity (Wildman–Crippen MR) is 95.7 cm³/mol. The van der Waals surface area contributed by atoms with E-state index in [9.17, 15) is 4.79 Å². The van der Waals surface area contributed by atoms with E-state index in [1.165, 1.54) is 12.0 Å². The maximum absolute atomic E-state index is 12.8. The van der Waals surface area contributed by atoms with Crippen molar-refractivity contribution in [1.29, 1.82) is 0 Å². The second-order valence-corrected chi connectivity index (χ2v) is 11.7. The predicted octanol–water partition coefficient (Wildman–Crippen LogP) is 4.51. The van der Waals surface area contributed by atoms with Crippen molar-refractivity contribution in [1.82, 2.24) is 4.90 Å². The second kappa shape index (κ2) is 6.77. The van der Waals surface area contributed by atoms with E-state index in [-0.39, 0.29) is 18.1 Å². The summed E-state index contributed by atoms with van der Waals surface area (Å²) in [6.07, 6.45) is 3.31. The van der Waals surface area contributed by atoms with Crippen molar-refractivity contribution in [2.24, 2.45) is 0 Å². The summed E-state index contributed by atoms with van der Waals surface area (Å²) in [7, 11) is -1.77. The van der Waals surface area contributed by atoms with Crippen LogP contribution in [0.2, 0.25) is 18.1 Å². The minimum absolute atomic E-state index is 0.130. The summed E-state index contributed by atoms with van der Waals surface area (Å²) in [6, 6.07) is 14.3. The third-order valence-corrected chi connectivity index (χ3v) is 10.6. The Labute approximate surface area is 141 Å². The maximum atomic E-state index is 12.8. The fourth-order valence-electron chi connectivity index (χ4n) is 3.92. The zero-order valence-electron chi connectivity index (χ0n) is 14.6. The summed E-state index contributed by atoms with van der Waals surface area (Å²) < 4.78 is 6.60. The van der Waals surface area contributed by atoms with Gasteiger partial charge in [0, 0.05) is 6.04 Å². The van der Waals surface area contributed by atoms with E-state index in [1.807, 2.05) is 6.07 Å². The lowest BCUT2D eigenvalue weighted by Crippen LogP contribution is -2.66. The molecule has 1 aromatic rings. The highest BCUT2D eigenvalue weighted by molar-refractivity contribution is 6.73. The summed E-state index contributed by atoms with van der Waals surface area (Å²) in [5.41, 5.74) is 1.23. The van der Waals surface area contributed by atoms with E-state index in [4.69, 9.17) is 4.43 Å². The molecule has 0 bridgehead atoms. The summed E-state index contributed by atoms with van der Waals surface area (Å²) in [4.78, 5) is 14.9. The van der Waals surface area contributed by atoms with Crippen LogP contribution in [0.1, 0.15) is 51.6 Å². The average molecular weight is 332 g/mol. The molecule has 4 heteroatoms. The number of hydrogen-bond acceptors (Lipinski definition) is 2. The zero-order chi connectivity index (χ0) is 16.4. The Morgan fingerprint density at radius 2 is 1.70 bits per heavy atom. The van der Waals surface area contributed by atoms with Gasteiger partial charge in [-0.05, 0) is 43.0 Å². The Kier molecular flexibility index (Phi) is 4.92. The molecule has 2 atom stereocenters. The molecule has 1 saturated carbocycles. The van der Waals surface area contributed by atoms with Gasteiger partial charge < -0.3 is 9.33 Å². The summed E-state index contributed by atoms with van der Waals surface area (Å²) in [5.74, 6) is 0.232. The smallest absolute Gasteiger partial charge is 0.253 e. The van der Waals surface area contributed by atoms with Crippen LogP contribution in [0.3, 0.4) is 0 Å². The number of rotatable bonds is 7. The van der Waals surface area contributed by atoms with Crippen LogP contribution in [0.25, 0.3) is 0 Å². The van der Waals surface area contributed by atoms with E-state index in [0.29, 0.717) is 6.04 Å². The topological polar surface area (TPSA) is 29.5 Å².